The van der Waals surface area contributed by atoms with E-state index >= 15 is 0 Å². The molecule has 1 saturated heterocycles. The lowest BCUT2D eigenvalue weighted by Crippen LogP contribution is -2.47. The molecule has 0 saturated carbocycles. The second kappa shape index (κ2) is 8.30. The Kier molecular flexibility index (Phi) is 5.36. The molecule has 2 N–H and O–H groups in total. The van der Waals surface area contributed by atoms with Crippen molar-refractivity contribution in [2.75, 3.05) is 19.7 Å². The van der Waals surface area contributed by atoms with Crippen LogP contribution in [0.4, 0.5) is 0 Å². The SMILES string of the molecule is OC(CCOc1cccc2occc12)N1CCC(O)(c2cnc3ccccc3c2)CC1. The van der Waals surface area contributed by atoms with E-state index in [1.807, 2.05) is 59.5 Å². The number of fused-ring (bicyclic) bond motifs is 2. The summed E-state index contributed by atoms with van der Waals surface area (Å²) in [6, 6.07) is 17.5. The lowest BCUT2D eigenvalue weighted by molar-refractivity contribution is -0.0819. The number of pyridine rings is 1. The molecule has 6 heteroatoms. The van der Waals surface area contributed by atoms with Gasteiger partial charge in [-0.1, -0.05) is 24.3 Å². The Bertz CT molecular complexity index is 1180. The lowest BCUT2D eigenvalue weighted by atomic mass is 9.84. The molecule has 4 aromatic rings. The van der Waals surface area contributed by atoms with Crippen LogP contribution in [0.5, 0.6) is 5.75 Å². The zero-order valence-electron chi connectivity index (χ0n) is 17.3. The maximum atomic E-state index is 11.2. The highest BCUT2D eigenvalue weighted by atomic mass is 16.5. The Morgan fingerprint density at radius 3 is 2.81 bits per heavy atom. The Balaban J connectivity index is 1.17. The van der Waals surface area contributed by atoms with Crippen molar-refractivity contribution in [1.29, 1.82) is 0 Å². The Morgan fingerprint density at radius 2 is 1.94 bits per heavy atom. The first kappa shape index (κ1) is 20.0. The number of aromatic nitrogens is 1. The molecule has 1 fully saturated rings. The minimum atomic E-state index is -0.916. The first-order valence-electron chi connectivity index (χ1n) is 10.7. The molecule has 160 valence electrons. The topological polar surface area (TPSA) is 79.0 Å². The predicted molar refractivity (Wildman–Crippen MR) is 119 cm³/mol. The highest BCUT2D eigenvalue weighted by molar-refractivity contribution is 5.83. The van der Waals surface area contributed by atoms with Gasteiger partial charge in [0.15, 0.2) is 0 Å². The van der Waals surface area contributed by atoms with Gasteiger partial charge in [0, 0.05) is 36.7 Å². The normalized spacial score (nSPS) is 17.7. The Hall–Kier alpha value is -2.93. The number of rotatable bonds is 6. The third-order valence-corrected chi connectivity index (χ3v) is 6.26. The maximum Gasteiger partial charge on any atom is 0.137 e. The van der Waals surface area contributed by atoms with E-state index in [2.05, 4.69) is 4.98 Å². The van der Waals surface area contributed by atoms with E-state index in [9.17, 15) is 10.2 Å². The number of nitrogens with zero attached hydrogens (tertiary/aromatic N) is 2. The van der Waals surface area contributed by atoms with Crippen molar-refractivity contribution in [2.45, 2.75) is 31.1 Å². The molecule has 6 nitrogen and oxygen atoms in total. The van der Waals surface area contributed by atoms with Gasteiger partial charge in [-0.3, -0.25) is 9.88 Å². The third kappa shape index (κ3) is 4.02. The van der Waals surface area contributed by atoms with Crippen LogP contribution < -0.4 is 4.74 Å². The number of furan rings is 1. The van der Waals surface area contributed by atoms with E-state index in [4.69, 9.17) is 9.15 Å². The number of piperidine rings is 1. The zero-order chi connectivity index (χ0) is 21.3. The molecule has 0 amide bonds. The molecule has 2 aromatic carbocycles. The number of para-hydroxylation sites is 1. The molecule has 0 aliphatic carbocycles. The van der Waals surface area contributed by atoms with Crippen molar-refractivity contribution >= 4 is 21.9 Å². The van der Waals surface area contributed by atoms with E-state index in [0.29, 0.717) is 39.0 Å². The number of likely N-dealkylation sites (tertiary alicyclic amines) is 1. The van der Waals surface area contributed by atoms with Crippen molar-refractivity contribution in [2.24, 2.45) is 0 Å². The summed E-state index contributed by atoms with van der Waals surface area (Å²) in [4.78, 5) is 6.50. The summed E-state index contributed by atoms with van der Waals surface area (Å²) in [5.74, 6) is 0.760. The minimum absolute atomic E-state index is 0.404. The minimum Gasteiger partial charge on any atom is -0.493 e. The summed E-state index contributed by atoms with van der Waals surface area (Å²) in [7, 11) is 0. The quantitative estimate of drug-likeness (QED) is 0.492. The largest absolute Gasteiger partial charge is 0.493 e. The lowest BCUT2D eigenvalue weighted by Gasteiger charge is -2.40. The number of benzene rings is 2. The molecule has 5 rings (SSSR count). The van der Waals surface area contributed by atoms with Crippen LogP contribution in [-0.4, -0.2) is 46.0 Å². The summed E-state index contributed by atoms with van der Waals surface area (Å²) in [6.07, 6.45) is 4.41. The fraction of sp³-hybridized carbons (Fsp3) is 0.320. The number of hydrogen-bond acceptors (Lipinski definition) is 6. The summed E-state index contributed by atoms with van der Waals surface area (Å²) in [5.41, 5.74) is 1.64. The molecule has 31 heavy (non-hydrogen) atoms. The van der Waals surface area contributed by atoms with Gasteiger partial charge in [-0.15, -0.1) is 0 Å². The fourth-order valence-corrected chi connectivity index (χ4v) is 4.36. The molecule has 1 aliphatic heterocycles. The second-order valence-corrected chi connectivity index (χ2v) is 8.19. The molecule has 0 bridgehead atoms. The zero-order valence-corrected chi connectivity index (χ0v) is 17.3. The van der Waals surface area contributed by atoms with Crippen LogP contribution in [0.1, 0.15) is 24.8 Å². The van der Waals surface area contributed by atoms with Crippen LogP contribution in [0, 0.1) is 0 Å². The summed E-state index contributed by atoms with van der Waals surface area (Å²) < 4.78 is 11.3. The van der Waals surface area contributed by atoms with Crippen LogP contribution in [0.3, 0.4) is 0 Å². The predicted octanol–water partition coefficient (Wildman–Crippen LogP) is 4.05. The van der Waals surface area contributed by atoms with Gasteiger partial charge in [-0.2, -0.15) is 0 Å². The molecular formula is C25H26N2O4. The molecule has 1 aliphatic rings. The van der Waals surface area contributed by atoms with Crippen LogP contribution in [0.2, 0.25) is 0 Å². The molecule has 0 radical (unpaired) electrons. The smallest absolute Gasteiger partial charge is 0.137 e. The standard InChI is InChI=1S/C25H26N2O4/c28-24(9-15-31-23-7-3-6-22-20(23)8-14-30-22)27-12-10-25(29,11-13-27)19-16-18-4-1-2-5-21(18)26-17-19/h1-8,14,16-17,24,28-29H,9-13,15H2. The van der Waals surface area contributed by atoms with Gasteiger partial charge in [-0.05, 0) is 43.2 Å². The van der Waals surface area contributed by atoms with Crippen molar-refractivity contribution < 1.29 is 19.4 Å². The summed E-state index contributed by atoms with van der Waals surface area (Å²) in [5, 5.41) is 23.8. The fourth-order valence-electron chi connectivity index (χ4n) is 4.36. The molecule has 1 unspecified atom stereocenters. The highest BCUT2D eigenvalue weighted by Gasteiger charge is 2.36. The van der Waals surface area contributed by atoms with Gasteiger partial charge < -0.3 is 19.4 Å². The van der Waals surface area contributed by atoms with Crippen molar-refractivity contribution in [3.05, 3.63) is 72.6 Å². The number of hydrogen-bond donors (Lipinski definition) is 2. The van der Waals surface area contributed by atoms with Crippen molar-refractivity contribution in [3.63, 3.8) is 0 Å². The average molecular weight is 418 g/mol. The Morgan fingerprint density at radius 1 is 1.10 bits per heavy atom. The van der Waals surface area contributed by atoms with E-state index in [0.717, 1.165) is 33.2 Å². The average Bonchev–Trinajstić information content (AvgIpc) is 3.29. The van der Waals surface area contributed by atoms with Crippen molar-refractivity contribution in [3.8, 4) is 5.75 Å². The number of ether oxygens (including phenoxy) is 1. The van der Waals surface area contributed by atoms with Crippen molar-refractivity contribution in [1.82, 2.24) is 9.88 Å². The number of aliphatic hydroxyl groups excluding tert-OH is 1. The first-order valence-corrected chi connectivity index (χ1v) is 10.7. The first-order chi connectivity index (χ1) is 15.1. The monoisotopic (exact) mass is 418 g/mol. The van der Waals surface area contributed by atoms with Gasteiger partial charge in [0.1, 0.15) is 17.6 Å². The van der Waals surface area contributed by atoms with E-state index in [1.165, 1.54) is 0 Å². The van der Waals surface area contributed by atoms with Gasteiger partial charge in [-0.25, -0.2) is 0 Å². The maximum absolute atomic E-state index is 11.2. The third-order valence-electron chi connectivity index (χ3n) is 6.26. The van der Waals surface area contributed by atoms with E-state index in [1.54, 1.807) is 12.5 Å². The van der Waals surface area contributed by atoms with Crippen LogP contribution in [0.25, 0.3) is 21.9 Å². The van der Waals surface area contributed by atoms with E-state index in [-0.39, 0.29) is 0 Å². The molecule has 3 heterocycles. The highest BCUT2D eigenvalue weighted by Crippen LogP contribution is 2.34. The summed E-state index contributed by atoms with van der Waals surface area (Å²) in [6.45, 7) is 1.63. The Labute approximate surface area is 180 Å². The van der Waals surface area contributed by atoms with Crippen LogP contribution in [-0.2, 0) is 5.60 Å². The number of aliphatic hydroxyl groups is 2. The molecule has 0 spiro atoms. The molecule has 2 aromatic heterocycles. The van der Waals surface area contributed by atoms with Gasteiger partial charge >= 0.3 is 0 Å². The van der Waals surface area contributed by atoms with Gasteiger partial charge in [0.25, 0.3) is 0 Å². The van der Waals surface area contributed by atoms with E-state index < -0.39 is 11.8 Å². The van der Waals surface area contributed by atoms with Crippen LogP contribution in [0.15, 0.2) is 71.5 Å². The van der Waals surface area contributed by atoms with Crippen LogP contribution >= 0.6 is 0 Å². The summed E-state index contributed by atoms with van der Waals surface area (Å²) >= 11 is 0. The second-order valence-electron chi connectivity index (χ2n) is 8.19. The van der Waals surface area contributed by atoms with Gasteiger partial charge in [0.2, 0.25) is 0 Å². The molecular weight excluding hydrogens is 392 g/mol. The van der Waals surface area contributed by atoms with Gasteiger partial charge in [0.05, 0.1) is 29.4 Å². The molecule has 1 atom stereocenters.